The maximum atomic E-state index is 13.6. The van der Waals surface area contributed by atoms with Gasteiger partial charge in [-0.3, -0.25) is 14.5 Å². The minimum absolute atomic E-state index is 0.0373. The highest BCUT2D eigenvalue weighted by Gasteiger charge is 2.28. The number of urea groups is 1. The molecule has 10 heteroatoms. The van der Waals surface area contributed by atoms with Crippen LogP contribution < -0.4 is 10.6 Å². The lowest BCUT2D eigenvalue weighted by molar-refractivity contribution is -0.125. The molecule has 1 heterocycles. The molecule has 1 fully saturated rings. The van der Waals surface area contributed by atoms with Crippen LogP contribution in [0.3, 0.4) is 0 Å². The molecule has 0 atom stereocenters. The van der Waals surface area contributed by atoms with Crippen LogP contribution in [0.4, 0.5) is 14.9 Å². The molecule has 8 nitrogen and oxygen atoms in total. The first-order valence-electron chi connectivity index (χ1n) is 8.42. The maximum Gasteiger partial charge on any atom is 0.338 e. The van der Waals surface area contributed by atoms with Gasteiger partial charge >= 0.3 is 12.0 Å². The topological polar surface area (TPSA) is 105 Å². The molecule has 150 valence electrons. The molecule has 2 N–H and O–H groups in total. The summed E-state index contributed by atoms with van der Waals surface area (Å²) in [5, 5.41) is 4.92. The number of benzene rings is 2. The largest absolute Gasteiger partial charge is 0.452 e. The molecule has 1 aliphatic heterocycles. The van der Waals surface area contributed by atoms with Gasteiger partial charge in [-0.1, -0.05) is 23.7 Å². The fraction of sp³-hybridized carbons (Fsp3) is 0.158. The summed E-state index contributed by atoms with van der Waals surface area (Å²) in [6.45, 7) is -0.576. The Morgan fingerprint density at radius 3 is 2.55 bits per heavy atom. The second-order valence-corrected chi connectivity index (χ2v) is 6.52. The van der Waals surface area contributed by atoms with Crippen LogP contribution in [0.25, 0.3) is 0 Å². The van der Waals surface area contributed by atoms with Crippen molar-refractivity contribution in [2.45, 2.75) is 6.54 Å². The zero-order valence-corrected chi connectivity index (χ0v) is 15.7. The van der Waals surface area contributed by atoms with E-state index in [2.05, 4.69) is 10.6 Å². The zero-order valence-electron chi connectivity index (χ0n) is 14.9. The van der Waals surface area contributed by atoms with Gasteiger partial charge in [-0.2, -0.15) is 0 Å². The van der Waals surface area contributed by atoms with Gasteiger partial charge in [0, 0.05) is 5.02 Å². The number of carbonyl (C=O) groups excluding carboxylic acids is 4. The Bertz CT molecular complexity index is 964. The fourth-order valence-electron chi connectivity index (χ4n) is 2.54. The van der Waals surface area contributed by atoms with Crippen LogP contribution in [0.1, 0.15) is 15.9 Å². The fourth-order valence-corrected chi connectivity index (χ4v) is 2.71. The molecule has 2 aromatic rings. The van der Waals surface area contributed by atoms with E-state index >= 15 is 0 Å². The second-order valence-electron chi connectivity index (χ2n) is 6.08. The average Bonchev–Trinajstić information content (AvgIpc) is 3.01. The van der Waals surface area contributed by atoms with Gasteiger partial charge in [0.25, 0.3) is 5.91 Å². The molecule has 0 aliphatic carbocycles. The van der Waals surface area contributed by atoms with E-state index in [0.29, 0.717) is 5.56 Å². The summed E-state index contributed by atoms with van der Waals surface area (Å²) in [7, 11) is 0. The Morgan fingerprint density at radius 1 is 1.17 bits per heavy atom. The Balaban J connectivity index is 1.52. The van der Waals surface area contributed by atoms with E-state index < -0.39 is 30.3 Å². The molecule has 0 saturated carbocycles. The molecule has 1 saturated heterocycles. The number of imide groups is 1. The van der Waals surface area contributed by atoms with E-state index in [1.54, 1.807) is 12.1 Å². The Kier molecular flexibility index (Phi) is 6.08. The minimum Gasteiger partial charge on any atom is -0.452 e. The van der Waals surface area contributed by atoms with Crippen molar-refractivity contribution in [1.82, 2.24) is 10.2 Å². The van der Waals surface area contributed by atoms with Gasteiger partial charge in [-0.15, -0.1) is 0 Å². The first-order chi connectivity index (χ1) is 13.8. The van der Waals surface area contributed by atoms with Gasteiger partial charge in [0.15, 0.2) is 6.61 Å². The summed E-state index contributed by atoms with van der Waals surface area (Å²) in [6.07, 6.45) is 0. The van der Waals surface area contributed by atoms with E-state index in [1.165, 1.54) is 24.3 Å². The van der Waals surface area contributed by atoms with Crippen molar-refractivity contribution >= 4 is 41.1 Å². The van der Waals surface area contributed by atoms with Crippen molar-refractivity contribution in [3.8, 4) is 0 Å². The lowest BCUT2D eigenvalue weighted by atomic mass is 10.1. The summed E-state index contributed by atoms with van der Waals surface area (Å²) in [5.41, 5.74) is 0.692. The molecule has 2 aromatic carbocycles. The maximum absolute atomic E-state index is 13.6. The molecule has 4 amide bonds. The van der Waals surface area contributed by atoms with Gasteiger partial charge in [0.2, 0.25) is 5.91 Å². The van der Waals surface area contributed by atoms with E-state index in [0.717, 1.165) is 11.0 Å². The summed E-state index contributed by atoms with van der Waals surface area (Å²) < 4.78 is 18.5. The smallest absolute Gasteiger partial charge is 0.338 e. The number of rotatable bonds is 6. The highest BCUT2D eigenvalue weighted by Crippen LogP contribution is 2.19. The predicted octanol–water partition coefficient (Wildman–Crippen LogP) is 2.33. The van der Waals surface area contributed by atoms with E-state index in [9.17, 15) is 23.6 Å². The van der Waals surface area contributed by atoms with Crippen LogP contribution >= 0.6 is 11.6 Å². The normalized spacial score (nSPS) is 13.2. The summed E-state index contributed by atoms with van der Waals surface area (Å²) in [5.74, 6) is -2.49. The molecule has 0 unspecified atom stereocenters. The van der Waals surface area contributed by atoms with E-state index in [1.807, 2.05) is 0 Å². The summed E-state index contributed by atoms with van der Waals surface area (Å²) in [4.78, 5) is 48.1. The predicted molar refractivity (Wildman–Crippen MR) is 101 cm³/mol. The highest BCUT2D eigenvalue weighted by atomic mass is 35.5. The van der Waals surface area contributed by atoms with Gasteiger partial charge in [-0.05, 0) is 35.9 Å². The number of anilines is 1. The number of halogens is 2. The van der Waals surface area contributed by atoms with Crippen molar-refractivity contribution in [1.29, 1.82) is 0 Å². The minimum atomic E-state index is -0.756. The molecular weight excluding hydrogens is 405 g/mol. The molecular formula is C19H15ClFN3O5. The van der Waals surface area contributed by atoms with Crippen molar-refractivity contribution in [3.05, 3.63) is 64.4 Å². The van der Waals surface area contributed by atoms with Crippen molar-refractivity contribution in [2.75, 3.05) is 18.5 Å². The quantitative estimate of drug-likeness (QED) is 0.552. The third-order valence-electron chi connectivity index (χ3n) is 4.00. The SMILES string of the molecule is O=C(COC(=O)c1ccc(CN2C(=O)CNC2=O)cc1)Nc1cc(Cl)ccc1F. The zero-order chi connectivity index (χ0) is 21.0. The average molecular weight is 420 g/mol. The number of esters is 1. The number of carbonyl (C=O) groups is 4. The Labute approximate surface area is 169 Å². The van der Waals surface area contributed by atoms with Crippen molar-refractivity contribution in [3.63, 3.8) is 0 Å². The van der Waals surface area contributed by atoms with Crippen molar-refractivity contribution in [2.24, 2.45) is 0 Å². The van der Waals surface area contributed by atoms with Crippen molar-refractivity contribution < 1.29 is 28.3 Å². The Hall–Kier alpha value is -3.46. The van der Waals surface area contributed by atoms with E-state index in [4.69, 9.17) is 16.3 Å². The first kappa shape index (κ1) is 20.3. The van der Waals surface area contributed by atoms with Gasteiger partial charge in [0.05, 0.1) is 24.3 Å². The van der Waals surface area contributed by atoms with Crippen LogP contribution in [0.2, 0.25) is 5.02 Å². The monoisotopic (exact) mass is 419 g/mol. The third-order valence-corrected chi connectivity index (χ3v) is 4.24. The van der Waals surface area contributed by atoms with Crippen LogP contribution in [0.5, 0.6) is 0 Å². The van der Waals surface area contributed by atoms with Gasteiger partial charge in [-0.25, -0.2) is 14.0 Å². The van der Waals surface area contributed by atoms with Crippen LogP contribution in [0, 0.1) is 5.82 Å². The molecule has 29 heavy (non-hydrogen) atoms. The summed E-state index contributed by atoms with van der Waals surface area (Å²) >= 11 is 5.74. The highest BCUT2D eigenvalue weighted by molar-refractivity contribution is 6.30. The first-order valence-corrected chi connectivity index (χ1v) is 8.80. The molecule has 3 rings (SSSR count). The molecule has 1 aliphatic rings. The second kappa shape index (κ2) is 8.70. The number of hydrogen-bond donors (Lipinski definition) is 2. The van der Waals surface area contributed by atoms with Crippen LogP contribution in [0.15, 0.2) is 42.5 Å². The molecule has 0 bridgehead atoms. The van der Waals surface area contributed by atoms with Crippen LogP contribution in [-0.4, -0.2) is 41.9 Å². The molecule has 0 aromatic heterocycles. The Morgan fingerprint density at radius 2 is 1.90 bits per heavy atom. The third kappa shape index (κ3) is 5.08. The number of nitrogens with zero attached hydrogens (tertiary/aromatic N) is 1. The van der Waals surface area contributed by atoms with Gasteiger partial charge in [0.1, 0.15) is 5.82 Å². The standard InChI is InChI=1S/C19H15ClFN3O5/c20-13-5-6-14(21)15(7-13)23-16(25)10-29-18(27)12-3-1-11(2-4-12)9-24-17(26)8-22-19(24)28/h1-7H,8-10H2,(H,22,28)(H,23,25). The number of nitrogens with one attached hydrogen (secondary N) is 2. The number of amides is 4. The lowest BCUT2D eigenvalue weighted by Gasteiger charge is -2.12. The molecule has 0 radical (unpaired) electrons. The van der Waals surface area contributed by atoms with E-state index in [-0.39, 0.29) is 35.3 Å². The number of hydrogen-bond acceptors (Lipinski definition) is 5. The lowest BCUT2D eigenvalue weighted by Crippen LogP contribution is -2.30. The van der Waals surface area contributed by atoms with Crippen LogP contribution in [-0.2, 0) is 20.9 Å². The number of ether oxygens (including phenoxy) is 1. The van der Waals surface area contributed by atoms with Gasteiger partial charge < -0.3 is 15.4 Å². The summed E-state index contributed by atoms with van der Waals surface area (Å²) in [6, 6.07) is 9.23. The molecule has 0 spiro atoms.